The van der Waals surface area contributed by atoms with Crippen LogP contribution < -0.4 is 19.1 Å². The van der Waals surface area contributed by atoms with Crippen LogP contribution in [0.3, 0.4) is 0 Å². The first-order valence-corrected chi connectivity index (χ1v) is 15.3. The van der Waals surface area contributed by atoms with E-state index in [4.69, 9.17) is 9.47 Å². The highest BCUT2D eigenvalue weighted by Crippen LogP contribution is 2.33. The van der Waals surface area contributed by atoms with E-state index in [-0.39, 0.29) is 29.1 Å². The standard InChI is InChI=1S/C32H41N3O6S/c1-8-24(4)33-32(37)25(5)34(20-26-12-10-9-11-13-26)31(36)21-35(27-17-22(2)16-23(3)18-27)42(38,39)28-14-15-29(40-6)30(19-28)41-7/h9-19,24-25H,8,20-21H2,1-7H3,(H,33,37)/t24-,25+/m1/s1. The first-order chi connectivity index (χ1) is 19.9. The molecule has 0 aromatic heterocycles. The predicted octanol–water partition coefficient (Wildman–Crippen LogP) is 4.85. The van der Waals surface area contributed by atoms with Crippen LogP contribution in [0.1, 0.15) is 43.9 Å². The number of aryl methyl sites for hydroxylation is 2. The summed E-state index contributed by atoms with van der Waals surface area (Å²) in [5.41, 5.74) is 2.83. The van der Waals surface area contributed by atoms with Crippen LogP contribution >= 0.6 is 0 Å². The molecule has 0 unspecified atom stereocenters. The molecule has 226 valence electrons. The summed E-state index contributed by atoms with van der Waals surface area (Å²) in [5.74, 6) is -0.213. The average Bonchev–Trinajstić information content (AvgIpc) is 2.97. The van der Waals surface area contributed by atoms with E-state index < -0.39 is 28.5 Å². The van der Waals surface area contributed by atoms with Gasteiger partial charge in [-0.2, -0.15) is 0 Å². The van der Waals surface area contributed by atoms with Crippen molar-refractivity contribution in [3.63, 3.8) is 0 Å². The fourth-order valence-electron chi connectivity index (χ4n) is 4.56. The minimum atomic E-state index is -4.27. The monoisotopic (exact) mass is 595 g/mol. The molecule has 10 heteroatoms. The third-order valence-electron chi connectivity index (χ3n) is 7.08. The zero-order valence-corrected chi connectivity index (χ0v) is 26.2. The highest BCUT2D eigenvalue weighted by Gasteiger charge is 2.33. The lowest BCUT2D eigenvalue weighted by Gasteiger charge is -2.32. The van der Waals surface area contributed by atoms with E-state index in [1.807, 2.05) is 64.1 Å². The molecule has 0 aliphatic carbocycles. The van der Waals surface area contributed by atoms with E-state index in [1.54, 1.807) is 19.1 Å². The van der Waals surface area contributed by atoms with Gasteiger partial charge in [0.2, 0.25) is 11.8 Å². The second-order valence-corrected chi connectivity index (χ2v) is 12.2. The molecule has 0 bridgehead atoms. The largest absolute Gasteiger partial charge is 0.493 e. The van der Waals surface area contributed by atoms with Gasteiger partial charge in [0.1, 0.15) is 12.6 Å². The van der Waals surface area contributed by atoms with Crippen molar-refractivity contribution in [2.24, 2.45) is 0 Å². The van der Waals surface area contributed by atoms with Crippen molar-refractivity contribution >= 4 is 27.5 Å². The normalized spacial score (nSPS) is 12.6. The van der Waals surface area contributed by atoms with Crippen molar-refractivity contribution in [1.29, 1.82) is 0 Å². The van der Waals surface area contributed by atoms with Gasteiger partial charge in [-0.1, -0.05) is 43.3 Å². The molecule has 2 atom stereocenters. The Morgan fingerprint density at radius 2 is 1.50 bits per heavy atom. The van der Waals surface area contributed by atoms with Gasteiger partial charge in [-0.25, -0.2) is 8.42 Å². The molecule has 0 saturated heterocycles. The molecule has 0 radical (unpaired) electrons. The number of sulfonamides is 1. The first kappa shape index (κ1) is 32.5. The van der Waals surface area contributed by atoms with Crippen LogP contribution in [0.25, 0.3) is 0 Å². The van der Waals surface area contributed by atoms with E-state index in [2.05, 4.69) is 5.32 Å². The highest BCUT2D eigenvalue weighted by molar-refractivity contribution is 7.92. The average molecular weight is 596 g/mol. The summed E-state index contributed by atoms with van der Waals surface area (Å²) < 4.78 is 40.1. The quantitative estimate of drug-likeness (QED) is 0.303. The molecule has 0 heterocycles. The molecule has 0 aliphatic heterocycles. The maximum atomic E-state index is 14.2. The minimum absolute atomic E-state index is 0.0655. The SMILES string of the molecule is CC[C@@H](C)NC(=O)[C@H](C)N(Cc1ccccc1)C(=O)CN(c1cc(C)cc(C)c1)S(=O)(=O)c1ccc(OC)c(OC)c1. The van der Waals surface area contributed by atoms with Gasteiger partial charge in [0.25, 0.3) is 10.0 Å². The number of ether oxygens (including phenoxy) is 2. The van der Waals surface area contributed by atoms with Gasteiger partial charge in [-0.05, 0) is 75.1 Å². The number of anilines is 1. The topological polar surface area (TPSA) is 105 Å². The molecular weight excluding hydrogens is 554 g/mol. The number of hydrogen-bond acceptors (Lipinski definition) is 6. The lowest BCUT2D eigenvalue weighted by molar-refractivity contribution is -0.139. The number of nitrogens with zero attached hydrogens (tertiary/aromatic N) is 2. The van der Waals surface area contributed by atoms with E-state index in [9.17, 15) is 18.0 Å². The Labute approximate surface area is 249 Å². The zero-order chi connectivity index (χ0) is 31.0. The Kier molecular flexibility index (Phi) is 11.0. The van der Waals surface area contributed by atoms with E-state index in [0.717, 1.165) is 27.4 Å². The van der Waals surface area contributed by atoms with E-state index >= 15 is 0 Å². The molecule has 9 nitrogen and oxygen atoms in total. The predicted molar refractivity (Wildman–Crippen MR) is 164 cm³/mol. The number of carbonyl (C=O) groups is 2. The van der Waals surface area contributed by atoms with Crippen molar-refractivity contribution in [2.75, 3.05) is 25.1 Å². The third kappa shape index (κ3) is 7.82. The maximum Gasteiger partial charge on any atom is 0.264 e. The van der Waals surface area contributed by atoms with Crippen molar-refractivity contribution in [3.8, 4) is 11.5 Å². The van der Waals surface area contributed by atoms with Crippen LogP contribution in [0.2, 0.25) is 0 Å². The number of rotatable bonds is 13. The summed E-state index contributed by atoms with van der Waals surface area (Å²) in [6.45, 7) is 8.85. The van der Waals surface area contributed by atoms with Gasteiger partial charge in [0.05, 0.1) is 24.8 Å². The number of benzene rings is 3. The molecule has 3 aromatic rings. The molecule has 0 aliphatic rings. The Morgan fingerprint density at radius 1 is 0.881 bits per heavy atom. The van der Waals surface area contributed by atoms with Gasteiger partial charge in [0.15, 0.2) is 11.5 Å². The molecule has 1 N–H and O–H groups in total. The Hall–Kier alpha value is -4.05. The summed E-state index contributed by atoms with van der Waals surface area (Å²) in [4.78, 5) is 28.6. The minimum Gasteiger partial charge on any atom is -0.493 e. The van der Waals surface area contributed by atoms with E-state index in [0.29, 0.717) is 11.4 Å². The van der Waals surface area contributed by atoms with Gasteiger partial charge < -0.3 is 19.7 Å². The molecule has 3 aromatic carbocycles. The fraction of sp³-hybridized carbons (Fsp3) is 0.375. The van der Waals surface area contributed by atoms with Crippen LogP contribution in [0.5, 0.6) is 11.5 Å². The maximum absolute atomic E-state index is 14.2. The molecule has 0 spiro atoms. The molecular formula is C32H41N3O6S. The molecule has 0 fully saturated rings. The molecule has 3 rings (SSSR count). The fourth-order valence-corrected chi connectivity index (χ4v) is 5.97. The lowest BCUT2D eigenvalue weighted by atomic mass is 10.1. The van der Waals surface area contributed by atoms with Crippen molar-refractivity contribution in [1.82, 2.24) is 10.2 Å². The number of nitrogens with one attached hydrogen (secondary N) is 1. The van der Waals surface area contributed by atoms with Crippen LogP contribution in [0, 0.1) is 13.8 Å². The second kappa shape index (κ2) is 14.2. The molecule has 0 saturated carbocycles. The second-order valence-electron chi connectivity index (χ2n) is 10.4. The number of methoxy groups -OCH3 is 2. The first-order valence-electron chi connectivity index (χ1n) is 13.9. The van der Waals surface area contributed by atoms with Gasteiger partial charge in [-0.15, -0.1) is 0 Å². The summed E-state index contributed by atoms with van der Waals surface area (Å²) in [6, 6.07) is 18.0. The van der Waals surface area contributed by atoms with Crippen LogP contribution in [0.4, 0.5) is 5.69 Å². The van der Waals surface area contributed by atoms with Gasteiger partial charge >= 0.3 is 0 Å². The van der Waals surface area contributed by atoms with Crippen LogP contribution in [-0.2, 0) is 26.2 Å². The Morgan fingerprint density at radius 3 is 2.07 bits per heavy atom. The summed E-state index contributed by atoms with van der Waals surface area (Å²) in [5, 5.41) is 2.94. The van der Waals surface area contributed by atoms with Crippen molar-refractivity contribution < 1.29 is 27.5 Å². The lowest BCUT2D eigenvalue weighted by Crippen LogP contribution is -2.52. The summed E-state index contributed by atoms with van der Waals surface area (Å²) in [6.07, 6.45) is 0.731. The number of hydrogen-bond donors (Lipinski definition) is 1. The molecule has 42 heavy (non-hydrogen) atoms. The van der Waals surface area contributed by atoms with E-state index in [1.165, 1.54) is 37.3 Å². The number of amides is 2. The van der Waals surface area contributed by atoms with Crippen LogP contribution in [-0.4, -0.2) is 58.0 Å². The smallest absolute Gasteiger partial charge is 0.264 e. The van der Waals surface area contributed by atoms with Crippen LogP contribution in [0.15, 0.2) is 71.6 Å². The Balaban J connectivity index is 2.09. The zero-order valence-electron chi connectivity index (χ0n) is 25.4. The Bertz CT molecular complexity index is 1470. The summed E-state index contributed by atoms with van der Waals surface area (Å²) >= 11 is 0. The van der Waals surface area contributed by atoms with Gasteiger partial charge in [0, 0.05) is 18.7 Å². The van der Waals surface area contributed by atoms with Crippen molar-refractivity contribution in [2.45, 2.75) is 64.6 Å². The van der Waals surface area contributed by atoms with Crippen molar-refractivity contribution in [3.05, 3.63) is 83.4 Å². The van der Waals surface area contributed by atoms with Gasteiger partial charge in [-0.3, -0.25) is 13.9 Å². The molecule has 2 amide bonds. The third-order valence-corrected chi connectivity index (χ3v) is 8.85. The summed E-state index contributed by atoms with van der Waals surface area (Å²) in [7, 11) is -1.38. The number of carbonyl (C=O) groups excluding carboxylic acids is 2. The highest BCUT2D eigenvalue weighted by atomic mass is 32.2.